The second-order valence-electron chi connectivity index (χ2n) is 4.32. The minimum absolute atomic E-state index is 0.714. The van der Waals surface area contributed by atoms with Gasteiger partial charge in [0, 0.05) is 6.04 Å². The fourth-order valence-corrected chi connectivity index (χ4v) is 2.60. The van der Waals surface area contributed by atoms with Crippen LogP contribution in [0.2, 0.25) is 0 Å². The van der Waals surface area contributed by atoms with Crippen molar-refractivity contribution >= 4 is 11.8 Å². The molecule has 15 heavy (non-hydrogen) atoms. The fourth-order valence-electron chi connectivity index (χ4n) is 1.50. The molecule has 0 aliphatic carbocycles. The summed E-state index contributed by atoms with van der Waals surface area (Å²) >= 11 is 2.13. The number of thioether (sulfide) groups is 1. The first-order valence-corrected chi connectivity index (χ1v) is 7.77. The molecular formula is C13H29NS. The van der Waals surface area contributed by atoms with Gasteiger partial charge in [-0.1, -0.05) is 26.7 Å². The summed E-state index contributed by atoms with van der Waals surface area (Å²) in [6.07, 6.45) is 8.10. The summed E-state index contributed by atoms with van der Waals surface area (Å²) in [5, 5.41) is 3.54. The predicted octanol–water partition coefficient (Wildman–Crippen LogP) is 4.08. The normalized spacial score (nSPS) is 13.0. The largest absolute Gasteiger partial charge is 0.314 e. The second-order valence-corrected chi connectivity index (χ2v) is 5.54. The van der Waals surface area contributed by atoms with Gasteiger partial charge in [-0.3, -0.25) is 0 Å². The van der Waals surface area contributed by atoms with E-state index in [1.807, 2.05) is 0 Å². The quantitative estimate of drug-likeness (QED) is 0.538. The zero-order chi connectivity index (χ0) is 11.4. The lowest BCUT2D eigenvalue weighted by Gasteiger charge is -2.12. The third-order valence-corrected chi connectivity index (χ3v) is 3.72. The summed E-state index contributed by atoms with van der Waals surface area (Å²) in [6.45, 7) is 7.97. The maximum atomic E-state index is 3.54. The molecule has 0 aliphatic rings. The second kappa shape index (κ2) is 12.4. The smallest absolute Gasteiger partial charge is 0.00387 e. The first kappa shape index (κ1) is 15.3. The van der Waals surface area contributed by atoms with E-state index in [-0.39, 0.29) is 0 Å². The number of rotatable bonds is 11. The molecule has 0 bridgehead atoms. The van der Waals surface area contributed by atoms with Crippen molar-refractivity contribution in [1.82, 2.24) is 5.32 Å². The number of hydrogen-bond donors (Lipinski definition) is 1. The van der Waals surface area contributed by atoms with Gasteiger partial charge in [-0.25, -0.2) is 0 Å². The molecule has 0 aromatic carbocycles. The van der Waals surface area contributed by atoms with Gasteiger partial charge in [-0.05, 0) is 50.7 Å². The summed E-state index contributed by atoms with van der Waals surface area (Å²) in [6, 6.07) is 0.714. The van der Waals surface area contributed by atoms with Crippen LogP contribution >= 0.6 is 11.8 Å². The Balaban J connectivity index is 3.02. The molecule has 92 valence electrons. The van der Waals surface area contributed by atoms with Gasteiger partial charge >= 0.3 is 0 Å². The van der Waals surface area contributed by atoms with Crippen LogP contribution in [0.1, 0.15) is 59.3 Å². The maximum Gasteiger partial charge on any atom is 0.00387 e. The standard InChI is InChI=1S/C13H29NS/c1-4-6-11-15-12-8-7-9-13(3)14-10-5-2/h13-14H,4-12H2,1-3H3. The lowest BCUT2D eigenvalue weighted by atomic mass is 10.1. The Morgan fingerprint density at radius 2 is 1.73 bits per heavy atom. The summed E-state index contributed by atoms with van der Waals surface area (Å²) in [4.78, 5) is 0. The molecule has 0 fully saturated rings. The number of hydrogen-bond acceptors (Lipinski definition) is 2. The molecule has 1 atom stereocenters. The van der Waals surface area contributed by atoms with E-state index in [0.717, 1.165) is 0 Å². The van der Waals surface area contributed by atoms with E-state index < -0.39 is 0 Å². The Labute approximate surface area is 101 Å². The van der Waals surface area contributed by atoms with E-state index in [1.54, 1.807) is 0 Å². The first-order chi connectivity index (χ1) is 7.31. The molecule has 0 radical (unpaired) electrons. The molecule has 0 aliphatic heterocycles. The van der Waals surface area contributed by atoms with Crippen molar-refractivity contribution in [2.45, 2.75) is 65.3 Å². The van der Waals surface area contributed by atoms with Crippen molar-refractivity contribution in [2.75, 3.05) is 18.1 Å². The van der Waals surface area contributed by atoms with Crippen molar-refractivity contribution in [3.05, 3.63) is 0 Å². The van der Waals surface area contributed by atoms with Gasteiger partial charge in [0.25, 0.3) is 0 Å². The van der Waals surface area contributed by atoms with Crippen molar-refractivity contribution in [3.8, 4) is 0 Å². The van der Waals surface area contributed by atoms with Crippen LogP contribution in [0.15, 0.2) is 0 Å². The van der Waals surface area contributed by atoms with Gasteiger partial charge in [0.15, 0.2) is 0 Å². The van der Waals surface area contributed by atoms with Gasteiger partial charge in [0.05, 0.1) is 0 Å². The maximum absolute atomic E-state index is 3.54. The zero-order valence-electron chi connectivity index (χ0n) is 10.8. The van der Waals surface area contributed by atoms with E-state index >= 15 is 0 Å². The summed E-state index contributed by atoms with van der Waals surface area (Å²) in [5.74, 6) is 2.72. The molecule has 2 heteroatoms. The summed E-state index contributed by atoms with van der Waals surface area (Å²) < 4.78 is 0. The van der Waals surface area contributed by atoms with E-state index in [4.69, 9.17) is 0 Å². The predicted molar refractivity (Wildman–Crippen MR) is 73.8 cm³/mol. The SMILES string of the molecule is CCCCSCCCCC(C)NCCC. The average molecular weight is 231 g/mol. The molecule has 0 saturated carbocycles. The van der Waals surface area contributed by atoms with E-state index in [1.165, 1.54) is 56.6 Å². The highest BCUT2D eigenvalue weighted by molar-refractivity contribution is 7.99. The fraction of sp³-hybridized carbons (Fsp3) is 1.00. The minimum atomic E-state index is 0.714. The third kappa shape index (κ3) is 12.2. The Morgan fingerprint density at radius 3 is 2.40 bits per heavy atom. The molecule has 0 aromatic rings. The highest BCUT2D eigenvalue weighted by atomic mass is 32.2. The van der Waals surface area contributed by atoms with Gasteiger partial charge in [-0.2, -0.15) is 11.8 Å². The van der Waals surface area contributed by atoms with Crippen molar-refractivity contribution < 1.29 is 0 Å². The van der Waals surface area contributed by atoms with Gasteiger partial charge < -0.3 is 5.32 Å². The van der Waals surface area contributed by atoms with E-state index in [9.17, 15) is 0 Å². The minimum Gasteiger partial charge on any atom is -0.314 e. The van der Waals surface area contributed by atoms with Crippen LogP contribution in [-0.4, -0.2) is 24.1 Å². The van der Waals surface area contributed by atoms with Gasteiger partial charge in [0.1, 0.15) is 0 Å². The Bertz CT molecular complexity index is 117. The number of unbranched alkanes of at least 4 members (excludes halogenated alkanes) is 2. The summed E-state index contributed by atoms with van der Waals surface area (Å²) in [7, 11) is 0. The number of nitrogens with one attached hydrogen (secondary N) is 1. The Kier molecular flexibility index (Phi) is 12.6. The zero-order valence-corrected chi connectivity index (χ0v) is 11.7. The monoisotopic (exact) mass is 231 g/mol. The van der Waals surface area contributed by atoms with Crippen LogP contribution in [0.3, 0.4) is 0 Å². The van der Waals surface area contributed by atoms with Crippen LogP contribution in [0.5, 0.6) is 0 Å². The molecule has 0 rings (SSSR count). The molecular weight excluding hydrogens is 202 g/mol. The lowest BCUT2D eigenvalue weighted by molar-refractivity contribution is 0.496. The third-order valence-electron chi connectivity index (χ3n) is 2.56. The van der Waals surface area contributed by atoms with Crippen LogP contribution in [0, 0.1) is 0 Å². The van der Waals surface area contributed by atoms with E-state index in [0.29, 0.717) is 6.04 Å². The molecule has 1 nitrogen and oxygen atoms in total. The summed E-state index contributed by atoms with van der Waals surface area (Å²) in [5.41, 5.74) is 0. The average Bonchev–Trinajstić information content (AvgIpc) is 2.25. The molecule has 0 aromatic heterocycles. The van der Waals surface area contributed by atoms with Crippen LogP contribution < -0.4 is 5.32 Å². The van der Waals surface area contributed by atoms with Gasteiger partial charge in [0.2, 0.25) is 0 Å². The van der Waals surface area contributed by atoms with Crippen molar-refractivity contribution in [3.63, 3.8) is 0 Å². The Hall–Kier alpha value is 0.310. The molecule has 0 spiro atoms. The molecule has 0 amide bonds. The van der Waals surface area contributed by atoms with Crippen LogP contribution in [0.25, 0.3) is 0 Å². The molecule has 0 heterocycles. The van der Waals surface area contributed by atoms with Crippen molar-refractivity contribution in [1.29, 1.82) is 0 Å². The molecule has 0 saturated heterocycles. The first-order valence-electron chi connectivity index (χ1n) is 6.62. The van der Waals surface area contributed by atoms with Gasteiger partial charge in [-0.15, -0.1) is 0 Å². The topological polar surface area (TPSA) is 12.0 Å². The van der Waals surface area contributed by atoms with Crippen LogP contribution in [0.4, 0.5) is 0 Å². The van der Waals surface area contributed by atoms with Crippen LogP contribution in [-0.2, 0) is 0 Å². The highest BCUT2D eigenvalue weighted by Gasteiger charge is 1.99. The Morgan fingerprint density at radius 1 is 1.00 bits per heavy atom. The molecule has 1 N–H and O–H groups in total. The van der Waals surface area contributed by atoms with Crippen molar-refractivity contribution in [2.24, 2.45) is 0 Å². The lowest BCUT2D eigenvalue weighted by Crippen LogP contribution is -2.26. The highest BCUT2D eigenvalue weighted by Crippen LogP contribution is 2.09. The molecule has 1 unspecified atom stereocenters. The van der Waals surface area contributed by atoms with E-state index in [2.05, 4.69) is 37.8 Å².